The number of nitrogens with two attached hydrogens (primary N) is 1. The molecule has 0 aliphatic heterocycles. The minimum absolute atomic E-state index is 0.0592. The molecule has 0 aliphatic rings. The fourth-order valence-corrected chi connectivity index (χ4v) is 1.60. The summed E-state index contributed by atoms with van der Waals surface area (Å²) in [6.45, 7) is -2.86. The predicted octanol–water partition coefficient (Wildman–Crippen LogP) is 2.38. The van der Waals surface area contributed by atoms with Crippen LogP contribution in [0.5, 0.6) is 5.75 Å². The maximum absolute atomic E-state index is 12.1. The van der Waals surface area contributed by atoms with E-state index in [2.05, 4.69) is 30.0 Å². The van der Waals surface area contributed by atoms with Crippen molar-refractivity contribution < 1.29 is 18.4 Å². The molecule has 116 valence electrons. The van der Waals surface area contributed by atoms with Crippen molar-refractivity contribution in [3.8, 4) is 5.75 Å². The Balaban J connectivity index is 2.20. The number of oxime groups is 1. The quantitative estimate of drug-likeness (QED) is 0.628. The van der Waals surface area contributed by atoms with Gasteiger partial charge in [0.2, 0.25) is 0 Å². The first-order valence-corrected chi connectivity index (χ1v) is 6.09. The van der Waals surface area contributed by atoms with Gasteiger partial charge in [0.25, 0.3) is 0 Å². The second-order valence-electron chi connectivity index (χ2n) is 3.97. The molecule has 0 fully saturated rings. The number of benzene rings is 1. The van der Waals surface area contributed by atoms with Crippen molar-refractivity contribution in [3.05, 3.63) is 36.2 Å². The number of nitrogen functional groups attached to an aromatic ring is 1. The smallest absolute Gasteiger partial charge is 0.387 e. The number of halogens is 2. The van der Waals surface area contributed by atoms with E-state index in [0.29, 0.717) is 17.1 Å². The summed E-state index contributed by atoms with van der Waals surface area (Å²) >= 11 is 0. The number of alkyl halides is 2. The third kappa shape index (κ3) is 4.01. The number of hydrogen-bond donors (Lipinski definition) is 2. The monoisotopic (exact) mass is 309 g/mol. The Morgan fingerprint density at radius 1 is 1.27 bits per heavy atom. The number of ether oxygens (including phenoxy) is 1. The average Bonchev–Trinajstić information content (AvgIpc) is 2.48. The Bertz CT molecular complexity index is 649. The lowest BCUT2D eigenvalue weighted by atomic mass is 10.2. The maximum atomic E-state index is 12.1. The summed E-state index contributed by atoms with van der Waals surface area (Å²) in [5.74, 6) is 0.677. The van der Waals surface area contributed by atoms with E-state index in [0.717, 1.165) is 0 Å². The number of nitrogens with one attached hydrogen (secondary N) is 1. The minimum atomic E-state index is -2.86. The number of aromatic nitrogens is 2. The van der Waals surface area contributed by atoms with Crippen LogP contribution in [0.1, 0.15) is 5.56 Å². The molecule has 0 aliphatic carbocycles. The molecular weight excluding hydrogens is 296 g/mol. The lowest BCUT2D eigenvalue weighted by Crippen LogP contribution is -2.05. The number of hydrogen-bond acceptors (Lipinski definition) is 7. The SMILES string of the molecule is CON=Cc1c(N)ncnc1Nc1ccc(OC(F)F)cc1. The molecule has 0 atom stereocenters. The molecule has 1 aromatic carbocycles. The molecule has 0 unspecified atom stereocenters. The van der Waals surface area contributed by atoms with Crippen LogP contribution in [0.15, 0.2) is 35.7 Å². The van der Waals surface area contributed by atoms with E-state index in [1.54, 1.807) is 12.1 Å². The largest absolute Gasteiger partial charge is 0.435 e. The van der Waals surface area contributed by atoms with E-state index in [1.165, 1.54) is 31.8 Å². The van der Waals surface area contributed by atoms with Gasteiger partial charge < -0.3 is 20.6 Å². The molecule has 1 heterocycles. The second-order valence-corrected chi connectivity index (χ2v) is 3.97. The molecule has 0 saturated carbocycles. The van der Waals surface area contributed by atoms with Gasteiger partial charge in [-0.05, 0) is 24.3 Å². The van der Waals surface area contributed by atoms with Gasteiger partial charge in [-0.2, -0.15) is 8.78 Å². The van der Waals surface area contributed by atoms with Gasteiger partial charge >= 0.3 is 6.61 Å². The normalized spacial score (nSPS) is 10.9. The lowest BCUT2D eigenvalue weighted by molar-refractivity contribution is -0.0498. The predicted molar refractivity (Wildman–Crippen MR) is 77.4 cm³/mol. The van der Waals surface area contributed by atoms with Crippen LogP contribution in [-0.4, -0.2) is 29.9 Å². The van der Waals surface area contributed by atoms with Crippen LogP contribution in [-0.2, 0) is 4.84 Å². The zero-order valence-electron chi connectivity index (χ0n) is 11.5. The second kappa shape index (κ2) is 7.16. The van der Waals surface area contributed by atoms with Gasteiger partial charge in [0.05, 0.1) is 11.8 Å². The van der Waals surface area contributed by atoms with Crippen LogP contribution in [0.2, 0.25) is 0 Å². The van der Waals surface area contributed by atoms with Crippen molar-refractivity contribution in [2.75, 3.05) is 18.2 Å². The van der Waals surface area contributed by atoms with Crippen molar-refractivity contribution in [2.45, 2.75) is 6.61 Å². The number of nitrogens with zero attached hydrogens (tertiary/aromatic N) is 3. The first-order chi connectivity index (χ1) is 10.6. The fourth-order valence-electron chi connectivity index (χ4n) is 1.60. The Labute approximate surface area is 124 Å². The molecule has 1 aromatic heterocycles. The molecule has 3 N–H and O–H groups in total. The molecule has 2 aromatic rings. The molecule has 0 bridgehead atoms. The summed E-state index contributed by atoms with van der Waals surface area (Å²) in [5.41, 5.74) is 6.80. The van der Waals surface area contributed by atoms with Gasteiger partial charge in [-0.25, -0.2) is 9.97 Å². The Morgan fingerprint density at radius 2 is 2.00 bits per heavy atom. The molecule has 2 rings (SSSR count). The van der Waals surface area contributed by atoms with Gasteiger partial charge in [-0.15, -0.1) is 0 Å². The van der Waals surface area contributed by atoms with E-state index in [9.17, 15) is 8.78 Å². The standard InChI is InChI=1S/C13H13F2N5O2/c1-21-19-6-10-11(16)17-7-18-12(10)20-8-2-4-9(5-3-8)22-13(14)15/h2-7,13H,1H3,(H3,16,17,18,20). The summed E-state index contributed by atoms with van der Waals surface area (Å²) in [6, 6.07) is 5.93. The molecule has 7 nitrogen and oxygen atoms in total. The van der Waals surface area contributed by atoms with Gasteiger partial charge in [-0.1, -0.05) is 5.16 Å². The van der Waals surface area contributed by atoms with Gasteiger partial charge in [0.15, 0.2) is 0 Å². The first-order valence-electron chi connectivity index (χ1n) is 6.09. The number of rotatable bonds is 6. The van der Waals surface area contributed by atoms with Crippen molar-refractivity contribution in [1.29, 1.82) is 0 Å². The van der Waals surface area contributed by atoms with E-state index in [4.69, 9.17) is 5.73 Å². The molecule has 9 heteroatoms. The Hall–Kier alpha value is -2.97. The summed E-state index contributed by atoms with van der Waals surface area (Å²) in [7, 11) is 1.39. The number of anilines is 3. The molecular formula is C13H13F2N5O2. The van der Waals surface area contributed by atoms with Crippen LogP contribution in [0.4, 0.5) is 26.1 Å². The zero-order valence-corrected chi connectivity index (χ0v) is 11.5. The Kier molecular flexibility index (Phi) is 5.02. The maximum Gasteiger partial charge on any atom is 0.387 e. The Morgan fingerprint density at radius 3 is 2.64 bits per heavy atom. The van der Waals surface area contributed by atoms with E-state index in [1.807, 2.05) is 0 Å². The van der Waals surface area contributed by atoms with Crippen molar-refractivity contribution in [2.24, 2.45) is 5.16 Å². The molecule has 0 radical (unpaired) electrons. The third-order valence-electron chi connectivity index (χ3n) is 2.54. The highest BCUT2D eigenvalue weighted by atomic mass is 19.3. The summed E-state index contributed by atoms with van der Waals surface area (Å²) < 4.78 is 28.4. The van der Waals surface area contributed by atoms with Crippen LogP contribution in [0, 0.1) is 0 Å². The van der Waals surface area contributed by atoms with Crippen LogP contribution in [0.3, 0.4) is 0 Å². The van der Waals surface area contributed by atoms with Gasteiger partial charge in [0.1, 0.15) is 30.8 Å². The van der Waals surface area contributed by atoms with Crippen LogP contribution >= 0.6 is 0 Å². The zero-order chi connectivity index (χ0) is 15.9. The molecule has 22 heavy (non-hydrogen) atoms. The van der Waals surface area contributed by atoms with Gasteiger partial charge in [-0.3, -0.25) is 0 Å². The van der Waals surface area contributed by atoms with E-state index < -0.39 is 6.61 Å². The van der Waals surface area contributed by atoms with Crippen LogP contribution < -0.4 is 15.8 Å². The minimum Gasteiger partial charge on any atom is -0.435 e. The van der Waals surface area contributed by atoms with E-state index in [-0.39, 0.29) is 11.6 Å². The molecule has 0 saturated heterocycles. The lowest BCUT2D eigenvalue weighted by Gasteiger charge is -2.10. The molecule has 0 amide bonds. The van der Waals surface area contributed by atoms with Crippen molar-refractivity contribution in [3.63, 3.8) is 0 Å². The molecule has 0 spiro atoms. The highest BCUT2D eigenvalue weighted by Gasteiger charge is 2.09. The summed E-state index contributed by atoms with van der Waals surface area (Å²) in [6.07, 6.45) is 2.65. The van der Waals surface area contributed by atoms with E-state index >= 15 is 0 Å². The van der Waals surface area contributed by atoms with Crippen LogP contribution in [0.25, 0.3) is 0 Å². The van der Waals surface area contributed by atoms with Crippen molar-refractivity contribution in [1.82, 2.24) is 9.97 Å². The summed E-state index contributed by atoms with van der Waals surface area (Å²) in [5, 5.41) is 6.61. The fraction of sp³-hybridized carbons (Fsp3) is 0.154. The first kappa shape index (κ1) is 15.4. The average molecular weight is 309 g/mol. The third-order valence-corrected chi connectivity index (χ3v) is 2.54. The highest BCUT2D eigenvalue weighted by molar-refractivity contribution is 5.92. The van der Waals surface area contributed by atoms with Gasteiger partial charge in [0, 0.05) is 5.69 Å². The summed E-state index contributed by atoms with van der Waals surface area (Å²) in [4.78, 5) is 12.5. The van der Waals surface area contributed by atoms with Crippen molar-refractivity contribution >= 4 is 23.5 Å². The topological polar surface area (TPSA) is 94.7 Å². The highest BCUT2D eigenvalue weighted by Crippen LogP contribution is 2.23.